The Morgan fingerprint density at radius 1 is 0.972 bits per heavy atom. The highest BCUT2D eigenvalue weighted by Gasteiger charge is 2.31. The number of aromatic nitrogens is 3. The molecule has 3 heterocycles. The van der Waals surface area contributed by atoms with E-state index >= 15 is 0 Å². The summed E-state index contributed by atoms with van der Waals surface area (Å²) in [5.74, 6) is 0.625. The van der Waals surface area contributed by atoms with Gasteiger partial charge in [0.2, 0.25) is 5.88 Å². The van der Waals surface area contributed by atoms with Crippen LogP contribution in [0.1, 0.15) is 24.4 Å². The standard InChI is InChI=1S/C25H21F3N4O4/c26-25(27,28)16-5-10-22(29-15-16)35-18-6-8-19(9-7-18)36-24(34)31-13-11-17(12-14-31)32-21-4-2-1-3-20(21)30-23(32)33/h1-10,15,17H,11-14H2,(H,30,33). The SMILES string of the molecule is O=C(Oc1ccc(Oc2ccc(C(F)(F)F)cn2)cc1)N1CCC(n2c(=O)[nH]c3ccccc32)CC1. The third-order valence-electron chi connectivity index (χ3n) is 6.03. The number of imidazole rings is 1. The molecule has 1 aliphatic rings. The van der Waals surface area contributed by atoms with Crippen molar-refractivity contribution in [2.75, 3.05) is 13.1 Å². The van der Waals surface area contributed by atoms with Crippen LogP contribution in [0.5, 0.6) is 17.4 Å². The van der Waals surface area contributed by atoms with E-state index in [-0.39, 0.29) is 17.6 Å². The largest absolute Gasteiger partial charge is 0.439 e. The Balaban J connectivity index is 1.16. The van der Waals surface area contributed by atoms with Gasteiger partial charge in [0.05, 0.1) is 16.6 Å². The lowest BCUT2D eigenvalue weighted by Gasteiger charge is -2.31. The summed E-state index contributed by atoms with van der Waals surface area (Å²) in [5, 5.41) is 0. The lowest BCUT2D eigenvalue weighted by molar-refractivity contribution is -0.137. The Morgan fingerprint density at radius 2 is 1.67 bits per heavy atom. The highest BCUT2D eigenvalue weighted by atomic mass is 19.4. The zero-order valence-electron chi connectivity index (χ0n) is 18.9. The Bertz CT molecular complexity index is 1420. The van der Waals surface area contributed by atoms with E-state index in [1.54, 1.807) is 9.47 Å². The van der Waals surface area contributed by atoms with Crippen LogP contribution in [0.25, 0.3) is 11.0 Å². The van der Waals surface area contributed by atoms with Crippen molar-refractivity contribution in [3.05, 3.63) is 82.9 Å². The molecule has 1 N–H and O–H groups in total. The summed E-state index contributed by atoms with van der Waals surface area (Å²) in [6, 6.07) is 15.6. The molecule has 186 valence electrons. The van der Waals surface area contributed by atoms with Crippen molar-refractivity contribution < 1.29 is 27.4 Å². The van der Waals surface area contributed by atoms with Gasteiger partial charge in [0.25, 0.3) is 0 Å². The van der Waals surface area contributed by atoms with E-state index < -0.39 is 17.8 Å². The fourth-order valence-electron chi connectivity index (χ4n) is 4.21. The molecule has 0 aliphatic carbocycles. The van der Waals surface area contributed by atoms with Crippen LogP contribution < -0.4 is 15.2 Å². The number of aromatic amines is 1. The number of fused-ring (bicyclic) bond motifs is 1. The summed E-state index contributed by atoms with van der Waals surface area (Å²) in [4.78, 5) is 33.2. The van der Waals surface area contributed by atoms with Gasteiger partial charge < -0.3 is 19.4 Å². The molecular weight excluding hydrogens is 477 g/mol. The number of pyridine rings is 1. The van der Waals surface area contributed by atoms with Gasteiger partial charge in [0, 0.05) is 31.4 Å². The quantitative estimate of drug-likeness (QED) is 0.409. The molecule has 5 rings (SSSR count). The van der Waals surface area contributed by atoms with Gasteiger partial charge in [-0.25, -0.2) is 14.6 Å². The number of para-hydroxylation sites is 2. The number of rotatable bonds is 4. The average molecular weight is 498 g/mol. The molecule has 0 atom stereocenters. The molecular formula is C25H21F3N4O4. The molecule has 36 heavy (non-hydrogen) atoms. The van der Waals surface area contributed by atoms with Crippen molar-refractivity contribution in [3.8, 4) is 17.4 Å². The van der Waals surface area contributed by atoms with Crippen LogP contribution >= 0.6 is 0 Å². The maximum absolute atomic E-state index is 12.6. The normalized spacial score (nSPS) is 14.7. The Kier molecular flexibility index (Phi) is 6.13. The van der Waals surface area contributed by atoms with E-state index in [9.17, 15) is 22.8 Å². The van der Waals surface area contributed by atoms with E-state index in [0.29, 0.717) is 43.6 Å². The predicted octanol–water partition coefficient (Wildman–Crippen LogP) is 5.37. The number of nitrogens with zero attached hydrogens (tertiary/aromatic N) is 3. The van der Waals surface area contributed by atoms with Crippen molar-refractivity contribution in [1.29, 1.82) is 0 Å². The number of benzene rings is 2. The second-order valence-corrected chi connectivity index (χ2v) is 8.36. The fourth-order valence-corrected chi connectivity index (χ4v) is 4.21. The average Bonchev–Trinajstić information content (AvgIpc) is 3.21. The molecule has 1 fully saturated rings. The van der Waals surface area contributed by atoms with Gasteiger partial charge in [0.15, 0.2) is 0 Å². The van der Waals surface area contributed by atoms with Gasteiger partial charge in [-0.1, -0.05) is 12.1 Å². The molecule has 4 aromatic rings. The number of piperidine rings is 1. The Hall–Kier alpha value is -4.28. The van der Waals surface area contributed by atoms with Crippen molar-refractivity contribution in [2.24, 2.45) is 0 Å². The van der Waals surface area contributed by atoms with E-state index in [2.05, 4.69) is 9.97 Å². The lowest BCUT2D eigenvalue weighted by Crippen LogP contribution is -2.41. The molecule has 2 aromatic heterocycles. The number of ether oxygens (including phenoxy) is 2. The van der Waals surface area contributed by atoms with Gasteiger partial charge in [-0.3, -0.25) is 4.57 Å². The summed E-state index contributed by atoms with van der Waals surface area (Å²) in [6.45, 7) is 0.881. The summed E-state index contributed by atoms with van der Waals surface area (Å²) in [6.07, 6.45) is -3.05. The van der Waals surface area contributed by atoms with E-state index in [4.69, 9.17) is 9.47 Å². The summed E-state index contributed by atoms with van der Waals surface area (Å²) < 4.78 is 50.6. The van der Waals surface area contributed by atoms with Crippen molar-refractivity contribution in [3.63, 3.8) is 0 Å². The molecule has 2 aromatic carbocycles. The molecule has 0 saturated carbocycles. The summed E-state index contributed by atoms with van der Waals surface area (Å²) in [5.41, 5.74) is 0.601. The van der Waals surface area contributed by atoms with Crippen LogP contribution in [-0.2, 0) is 6.18 Å². The Morgan fingerprint density at radius 3 is 2.33 bits per heavy atom. The third kappa shape index (κ3) is 4.90. The molecule has 1 amide bonds. The van der Waals surface area contributed by atoms with Gasteiger partial charge >= 0.3 is 18.0 Å². The minimum Gasteiger partial charge on any atom is -0.439 e. The number of carbonyl (C=O) groups excluding carboxylic acids is 1. The molecule has 8 nitrogen and oxygen atoms in total. The smallest absolute Gasteiger partial charge is 0.417 e. The van der Waals surface area contributed by atoms with Gasteiger partial charge in [-0.2, -0.15) is 13.2 Å². The van der Waals surface area contributed by atoms with Crippen LogP contribution in [-0.4, -0.2) is 38.6 Å². The minimum absolute atomic E-state index is 0.00456. The highest BCUT2D eigenvalue weighted by molar-refractivity contribution is 5.75. The van der Waals surface area contributed by atoms with Crippen LogP contribution in [0.3, 0.4) is 0 Å². The van der Waals surface area contributed by atoms with Crippen LogP contribution in [0, 0.1) is 0 Å². The number of halogens is 3. The van der Waals surface area contributed by atoms with Crippen molar-refractivity contribution in [1.82, 2.24) is 19.4 Å². The number of alkyl halides is 3. The zero-order chi connectivity index (χ0) is 25.3. The number of hydrogen-bond donors (Lipinski definition) is 1. The second kappa shape index (κ2) is 9.40. The highest BCUT2D eigenvalue weighted by Crippen LogP contribution is 2.30. The summed E-state index contributed by atoms with van der Waals surface area (Å²) >= 11 is 0. The van der Waals surface area contributed by atoms with Gasteiger partial charge in [-0.05, 0) is 55.3 Å². The van der Waals surface area contributed by atoms with Crippen LogP contribution in [0.4, 0.5) is 18.0 Å². The van der Waals surface area contributed by atoms with Gasteiger partial charge in [-0.15, -0.1) is 0 Å². The number of likely N-dealkylation sites (tertiary alicyclic amines) is 1. The van der Waals surface area contributed by atoms with E-state index in [1.807, 2.05) is 24.3 Å². The van der Waals surface area contributed by atoms with E-state index in [0.717, 1.165) is 23.2 Å². The first-order chi connectivity index (χ1) is 17.3. The minimum atomic E-state index is -4.47. The first-order valence-electron chi connectivity index (χ1n) is 11.2. The number of hydrogen-bond acceptors (Lipinski definition) is 5. The monoisotopic (exact) mass is 498 g/mol. The molecule has 1 aliphatic heterocycles. The number of amides is 1. The number of carbonyl (C=O) groups is 1. The topological polar surface area (TPSA) is 89.4 Å². The molecule has 0 bridgehead atoms. The van der Waals surface area contributed by atoms with Crippen LogP contribution in [0.15, 0.2) is 71.7 Å². The van der Waals surface area contributed by atoms with Crippen molar-refractivity contribution >= 4 is 17.1 Å². The van der Waals surface area contributed by atoms with Crippen molar-refractivity contribution in [2.45, 2.75) is 25.1 Å². The zero-order valence-corrected chi connectivity index (χ0v) is 18.9. The predicted molar refractivity (Wildman–Crippen MR) is 124 cm³/mol. The first-order valence-corrected chi connectivity index (χ1v) is 11.2. The molecule has 0 unspecified atom stereocenters. The number of nitrogens with one attached hydrogen (secondary N) is 1. The maximum Gasteiger partial charge on any atom is 0.417 e. The van der Waals surface area contributed by atoms with Crippen LogP contribution in [0.2, 0.25) is 0 Å². The fraction of sp³-hybridized carbons (Fsp3) is 0.240. The molecule has 0 radical (unpaired) electrons. The first kappa shape index (κ1) is 23.5. The lowest BCUT2D eigenvalue weighted by atomic mass is 10.0. The third-order valence-corrected chi connectivity index (χ3v) is 6.03. The molecule has 11 heteroatoms. The summed E-state index contributed by atoms with van der Waals surface area (Å²) in [7, 11) is 0. The van der Waals surface area contributed by atoms with E-state index in [1.165, 1.54) is 24.3 Å². The molecule has 1 saturated heterocycles. The maximum atomic E-state index is 12.6. The second-order valence-electron chi connectivity index (χ2n) is 8.36. The molecule has 0 spiro atoms. The number of H-pyrrole nitrogens is 1. The Labute approximate surface area is 202 Å². The van der Waals surface area contributed by atoms with Gasteiger partial charge in [0.1, 0.15) is 11.5 Å².